The maximum Gasteiger partial charge on any atom is 0.325 e. The van der Waals surface area contributed by atoms with Crippen molar-refractivity contribution in [1.82, 2.24) is 15.5 Å². The summed E-state index contributed by atoms with van der Waals surface area (Å²) in [6, 6.07) is 8.37. The minimum Gasteiger partial charge on any atom is -0.360 e. The number of amides is 3. The van der Waals surface area contributed by atoms with Crippen molar-refractivity contribution >= 4 is 45.9 Å². The molecule has 1 aromatic heterocycles. The van der Waals surface area contributed by atoms with Crippen LogP contribution in [-0.2, 0) is 4.79 Å². The number of hydrogen-bond donors (Lipinski definition) is 3. The van der Waals surface area contributed by atoms with Gasteiger partial charge in [0.15, 0.2) is 4.34 Å². The highest BCUT2D eigenvalue weighted by Gasteiger charge is 2.19. The minimum atomic E-state index is -0.556. The molecule has 1 heterocycles. The van der Waals surface area contributed by atoms with Gasteiger partial charge in [-0.2, -0.15) is 0 Å². The lowest BCUT2D eigenvalue weighted by Crippen LogP contribution is -2.38. The zero-order valence-corrected chi connectivity index (χ0v) is 14.3. The molecule has 7 nitrogen and oxygen atoms in total. The van der Waals surface area contributed by atoms with E-state index in [9.17, 15) is 9.59 Å². The fraction of sp³-hybridized carbons (Fsp3) is 0.286. The second-order valence-electron chi connectivity index (χ2n) is 4.47. The van der Waals surface area contributed by atoms with E-state index in [-0.39, 0.29) is 5.91 Å². The van der Waals surface area contributed by atoms with E-state index in [1.807, 2.05) is 13.0 Å². The van der Waals surface area contributed by atoms with Crippen molar-refractivity contribution in [3.63, 3.8) is 0 Å². The number of benzene rings is 1. The van der Waals surface area contributed by atoms with Crippen LogP contribution in [0.3, 0.4) is 0 Å². The molecule has 122 valence electrons. The minimum absolute atomic E-state index is 0.386. The highest BCUT2D eigenvalue weighted by molar-refractivity contribution is 8.02. The van der Waals surface area contributed by atoms with Gasteiger partial charge in [-0.1, -0.05) is 41.3 Å². The van der Waals surface area contributed by atoms with Gasteiger partial charge in [0.2, 0.25) is 11.0 Å². The molecule has 0 fully saturated rings. The van der Waals surface area contributed by atoms with E-state index < -0.39 is 11.3 Å². The van der Waals surface area contributed by atoms with E-state index in [1.54, 1.807) is 31.2 Å². The number of carbonyl (C=O) groups is 2. The summed E-state index contributed by atoms with van der Waals surface area (Å²) in [6.07, 6.45) is 0. The molecular weight excluding hydrogens is 334 g/mol. The summed E-state index contributed by atoms with van der Waals surface area (Å²) in [6.45, 7) is 4.44. The molecule has 2 aromatic rings. The van der Waals surface area contributed by atoms with Crippen LogP contribution < -0.4 is 16.0 Å². The molecule has 23 heavy (non-hydrogen) atoms. The molecule has 0 spiro atoms. The van der Waals surface area contributed by atoms with E-state index in [1.165, 1.54) is 23.1 Å². The van der Waals surface area contributed by atoms with Gasteiger partial charge >= 0.3 is 6.03 Å². The largest absolute Gasteiger partial charge is 0.360 e. The molecule has 1 aromatic carbocycles. The number of imide groups is 1. The highest BCUT2D eigenvalue weighted by atomic mass is 32.2. The van der Waals surface area contributed by atoms with Crippen molar-refractivity contribution < 1.29 is 9.59 Å². The third kappa shape index (κ3) is 5.53. The van der Waals surface area contributed by atoms with E-state index in [0.29, 0.717) is 15.2 Å². The van der Waals surface area contributed by atoms with Crippen LogP contribution in [0.2, 0.25) is 0 Å². The molecule has 0 aliphatic carbocycles. The van der Waals surface area contributed by atoms with Gasteiger partial charge < -0.3 is 10.6 Å². The molecule has 0 aliphatic rings. The van der Waals surface area contributed by atoms with Gasteiger partial charge in [-0.05, 0) is 26.0 Å². The predicted molar refractivity (Wildman–Crippen MR) is 93.0 cm³/mol. The molecular formula is C14H17N5O2S2. The Balaban J connectivity index is 1.83. The number of aromatic nitrogens is 2. The third-order valence-corrected chi connectivity index (χ3v) is 4.71. The Morgan fingerprint density at radius 2 is 2.00 bits per heavy atom. The number of carbonyl (C=O) groups excluding carboxylic acids is 2. The van der Waals surface area contributed by atoms with Gasteiger partial charge in [-0.15, -0.1) is 10.2 Å². The van der Waals surface area contributed by atoms with Crippen LogP contribution in [-0.4, -0.2) is 33.9 Å². The molecule has 0 saturated carbocycles. The summed E-state index contributed by atoms with van der Waals surface area (Å²) in [5, 5.41) is 16.2. The van der Waals surface area contributed by atoms with Crippen molar-refractivity contribution in [2.24, 2.45) is 0 Å². The monoisotopic (exact) mass is 351 g/mol. The predicted octanol–water partition coefficient (Wildman–Crippen LogP) is 2.80. The Hall–Kier alpha value is -2.13. The number of nitrogens with one attached hydrogen (secondary N) is 3. The Morgan fingerprint density at radius 3 is 2.70 bits per heavy atom. The summed E-state index contributed by atoms with van der Waals surface area (Å²) in [5.41, 5.74) is 0.623. The van der Waals surface area contributed by atoms with Gasteiger partial charge in [-0.3, -0.25) is 10.1 Å². The maximum atomic E-state index is 12.0. The molecule has 1 unspecified atom stereocenters. The van der Waals surface area contributed by atoms with Crippen molar-refractivity contribution in [3.05, 3.63) is 30.3 Å². The molecule has 3 amide bonds. The van der Waals surface area contributed by atoms with Crippen LogP contribution in [0.15, 0.2) is 34.7 Å². The van der Waals surface area contributed by atoms with E-state index >= 15 is 0 Å². The van der Waals surface area contributed by atoms with Gasteiger partial charge in [0.25, 0.3) is 0 Å². The second-order valence-corrected chi connectivity index (χ2v) is 7.04. The molecule has 0 saturated heterocycles. The standard InChI is InChI=1S/C14H17N5O2S2/c1-3-15-13-18-19-14(23-13)22-9(2)11(20)17-12(21)16-10-7-5-4-6-8-10/h4-9H,3H2,1-2H3,(H,15,18)(H2,16,17,20,21). The van der Waals surface area contributed by atoms with Crippen LogP contribution >= 0.6 is 23.1 Å². The first-order chi connectivity index (χ1) is 11.1. The fourth-order valence-electron chi connectivity index (χ4n) is 1.58. The number of rotatable bonds is 6. The van der Waals surface area contributed by atoms with Crippen molar-refractivity contribution in [2.45, 2.75) is 23.4 Å². The lowest BCUT2D eigenvalue weighted by Gasteiger charge is -2.10. The van der Waals surface area contributed by atoms with Crippen LogP contribution in [0.25, 0.3) is 0 Å². The maximum absolute atomic E-state index is 12.0. The summed E-state index contributed by atoms with van der Waals surface area (Å²) in [7, 11) is 0. The normalized spacial score (nSPS) is 11.6. The second kappa shape index (κ2) is 8.49. The smallest absolute Gasteiger partial charge is 0.325 e. The van der Waals surface area contributed by atoms with Crippen molar-refractivity contribution in [2.75, 3.05) is 17.2 Å². The topological polar surface area (TPSA) is 96.0 Å². The Labute approximate surface area is 142 Å². The Morgan fingerprint density at radius 1 is 1.26 bits per heavy atom. The van der Waals surface area contributed by atoms with Crippen LogP contribution in [0, 0.1) is 0 Å². The first-order valence-electron chi connectivity index (χ1n) is 6.99. The summed E-state index contributed by atoms with van der Waals surface area (Å²) >= 11 is 2.63. The lowest BCUT2D eigenvalue weighted by atomic mass is 10.3. The third-order valence-electron chi connectivity index (χ3n) is 2.65. The van der Waals surface area contributed by atoms with Crippen LogP contribution in [0.1, 0.15) is 13.8 Å². The van der Waals surface area contributed by atoms with Gasteiger partial charge in [0.1, 0.15) is 0 Å². The molecule has 1 atom stereocenters. The molecule has 0 aliphatic heterocycles. The van der Waals surface area contributed by atoms with Crippen LogP contribution in [0.4, 0.5) is 15.6 Å². The van der Waals surface area contributed by atoms with E-state index in [4.69, 9.17) is 0 Å². The zero-order chi connectivity index (χ0) is 16.7. The van der Waals surface area contributed by atoms with Gasteiger partial charge in [-0.25, -0.2) is 4.79 Å². The van der Waals surface area contributed by atoms with E-state index in [2.05, 4.69) is 26.1 Å². The Bertz CT molecular complexity index is 662. The summed E-state index contributed by atoms with van der Waals surface area (Å²) < 4.78 is 0.673. The SMILES string of the molecule is CCNc1nnc(SC(C)C(=O)NC(=O)Nc2ccccc2)s1. The summed E-state index contributed by atoms with van der Waals surface area (Å²) in [4.78, 5) is 23.8. The van der Waals surface area contributed by atoms with Crippen molar-refractivity contribution in [1.29, 1.82) is 0 Å². The van der Waals surface area contributed by atoms with Gasteiger partial charge in [0, 0.05) is 12.2 Å². The number of nitrogens with zero attached hydrogens (tertiary/aromatic N) is 2. The zero-order valence-electron chi connectivity index (χ0n) is 12.7. The van der Waals surface area contributed by atoms with Crippen molar-refractivity contribution in [3.8, 4) is 0 Å². The first kappa shape index (κ1) is 17.2. The molecule has 0 radical (unpaired) electrons. The molecule has 0 bridgehead atoms. The number of para-hydroxylation sites is 1. The number of urea groups is 1. The molecule has 2 rings (SSSR count). The summed E-state index contributed by atoms with van der Waals surface area (Å²) in [5.74, 6) is -0.386. The average molecular weight is 351 g/mol. The average Bonchev–Trinajstić information content (AvgIpc) is 2.95. The number of thioether (sulfide) groups is 1. The highest BCUT2D eigenvalue weighted by Crippen LogP contribution is 2.28. The quantitative estimate of drug-likeness (QED) is 0.693. The first-order valence-corrected chi connectivity index (χ1v) is 8.69. The molecule has 3 N–H and O–H groups in total. The lowest BCUT2D eigenvalue weighted by molar-refractivity contribution is -0.119. The Kier molecular flexibility index (Phi) is 6.36. The number of hydrogen-bond acceptors (Lipinski definition) is 7. The fourth-order valence-corrected chi connectivity index (χ4v) is 3.55. The number of anilines is 2. The van der Waals surface area contributed by atoms with Gasteiger partial charge in [0.05, 0.1) is 5.25 Å². The van der Waals surface area contributed by atoms with E-state index in [0.717, 1.165) is 6.54 Å². The molecule has 9 heteroatoms. The van der Waals surface area contributed by atoms with Crippen LogP contribution in [0.5, 0.6) is 0 Å².